The Morgan fingerprint density at radius 2 is 1.90 bits per heavy atom. The fourth-order valence-corrected chi connectivity index (χ4v) is 1.96. The molecule has 0 aliphatic rings. The minimum atomic E-state index is -0.521. The summed E-state index contributed by atoms with van der Waals surface area (Å²) in [6.45, 7) is 3.65. The van der Waals surface area contributed by atoms with Crippen LogP contribution in [0.3, 0.4) is 0 Å². The summed E-state index contributed by atoms with van der Waals surface area (Å²) in [5.74, 6) is -0.246. The molecule has 1 amide bonds. The molecule has 0 radical (unpaired) electrons. The lowest BCUT2D eigenvalue weighted by molar-refractivity contribution is 0.102. The number of benzene rings is 2. The maximum Gasteiger partial charge on any atom is 0.258 e. The molecule has 0 saturated heterocycles. The number of methoxy groups -OCH3 is 1. The number of carbonyl (C=O) groups excluding carboxylic acids is 1. The van der Waals surface area contributed by atoms with Crippen molar-refractivity contribution in [2.45, 2.75) is 13.8 Å². The van der Waals surface area contributed by atoms with Gasteiger partial charge in [0, 0.05) is 5.69 Å². The van der Waals surface area contributed by atoms with Crippen LogP contribution in [0.2, 0.25) is 0 Å². The largest absolute Gasteiger partial charge is 0.496 e. The lowest BCUT2D eigenvalue weighted by Crippen LogP contribution is -2.14. The van der Waals surface area contributed by atoms with Crippen LogP contribution in [-0.4, -0.2) is 13.0 Å². The first kappa shape index (κ1) is 14.1. The molecule has 0 saturated carbocycles. The third-order valence-corrected chi connectivity index (χ3v) is 3.02. The Hall–Kier alpha value is -2.36. The molecule has 2 rings (SSSR count). The van der Waals surface area contributed by atoms with Gasteiger partial charge in [-0.2, -0.15) is 0 Å². The number of amides is 1. The molecule has 0 bridgehead atoms. The number of hydrogen-bond acceptors (Lipinski definition) is 2. The van der Waals surface area contributed by atoms with E-state index in [0.29, 0.717) is 5.69 Å². The predicted molar refractivity (Wildman–Crippen MR) is 76.8 cm³/mol. The molecule has 0 unspecified atom stereocenters. The van der Waals surface area contributed by atoms with Gasteiger partial charge in [0.05, 0.1) is 12.7 Å². The van der Waals surface area contributed by atoms with E-state index in [0.717, 1.165) is 16.9 Å². The van der Waals surface area contributed by atoms with Crippen LogP contribution in [0.1, 0.15) is 21.5 Å². The summed E-state index contributed by atoms with van der Waals surface area (Å²) in [4.78, 5) is 12.0. The van der Waals surface area contributed by atoms with E-state index in [2.05, 4.69) is 5.32 Å². The van der Waals surface area contributed by atoms with Crippen molar-refractivity contribution in [2.24, 2.45) is 0 Å². The average molecular weight is 273 g/mol. The van der Waals surface area contributed by atoms with Crippen molar-refractivity contribution in [1.29, 1.82) is 0 Å². The van der Waals surface area contributed by atoms with Crippen LogP contribution in [0.4, 0.5) is 10.1 Å². The summed E-state index contributed by atoms with van der Waals surface area (Å²) in [6.07, 6.45) is 0. The number of ether oxygens (including phenoxy) is 1. The van der Waals surface area contributed by atoms with Gasteiger partial charge >= 0.3 is 0 Å². The molecule has 0 spiro atoms. The minimum absolute atomic E-state index is 0.0315. The van der Waals surface area contributed by atoms with Crippen molar-refractivity contribution in [1.82, 2.24) is 0 Å². The third-order valence-electron chi connectivity index (χ3n) is 3.02. The molecule has 0 atom stereocenters. The van der Waals surface area contributed by atoms with Crippen LogP contribution in [0, 0.1) is 19.7 Å². The normalized spacial score (nSPS) is 10.2. The summed E-state index contributed by atoms with van der Waals surface area (Å²) in [5.41, 5.74) is 2.31. The highest BCUT2D eigenvalue weighted by molar-refractivity contribution is 6.04. The topological polar surface area (TPSA) is 38.3 Å². The first-order chi connectivity index (χ1) is 9.51. The third kappa shape index (κ3) is 2.96. The first-order valence-corrected chi connectivity index (χ1v) is 6.23. The molecule has 104 valence electrons. The van der Waals surface area contributed by atoms with E-state index in [-0.39, 0.29) is 5.56 Å². The van der Waals surface area contributed by atoms with Crippen molar-refractivity contribution in [3.63, 3.8) is 0 Å². The van der Waals surface area contributed by atoms with Crippen LogP contribution in [0.25, 0.3) is 0 Å². The number of anilines is 1. The van der Waals surface area contributed by atoms with E-state index in [4.69, 9.17) is 4.74 Å². The number of halogens is 1. The van der Waals surface area contributed by atoms with Gasteiger partial charge in [-0.3, -0.25) is 4.79 Å². The molecule has 20 heavy (non-hydrogen) atoms. The Morgan fingerprint density at radius 1 is 1.15 bits per heavy atom. The van der Waals surface area contributed by atoms with Crippen molar-refractivity contribution in [2.75, 3.05) is 12.4 Å². The van der Waals surface area contributed by atoms with Crippen LogP contribution >= 0.6 is 0 Å². The Morgan fingerprint density at radius 3 is 2.50 bits per heavy atom. The lowest BCUT2D eigenvalue weighted by Gasteiger charge is -2.09. The summed E-state index contributed by atoms with van der Waals surface area (Å²) < 4.78 is 18.9. The fraction of sp³-hybridized carbons (Fsp3) is 0.188. The molecule has 0 heterocycles. The van der Waals surface area contributed by atoms with Crippen LogP contribution < -0.4 is 10.1 Å². The second-order valence-corrected chi connectivity index (χ2v) is 4.62. The van der Waals surface area contributed by atoms with Crippen molar-refractivity contribution in [3.05, 3.63) is 58.9 Å². The van der Waals surface area contributed by atoms with Gasteiger partial charge in [0.15, 0.2) is 0 Å². The van der Waals surface area contributed by atoms with Gasteiger partial charge < -0.3 is 10.1 Å². The van der Waals surface area contributed by atoms with E-state index in [1.54, 1.807) is 38.3 Å². The van der Waals surface area contributed by atoms with E-state index in [1.807, 2.05) is 6.92 Å². The molecule has 4 heteroatoms. The first-order valence-electron chi connectivity index (χ1n) is 6.23. The van der Waals surface area contributed by atoms with Crippen molar-refractivity contribution >= 4 is 11.6 Å². The van der Waals surface area contributed by atoms with Crippen molar-refractivity contribution in [3.8, 4) is 5.75 Å². The molecule has 2 aromatic carbocycles. The van der Waals surface area contributed by atoms with E-state index >= 15 is 0 Å². The smallest absolute Gasteiger partial charge is 0.258 e. The number of nitrogens with one attached hydrogen (secondary N) is 1. The van der Waals surface area contributed by atoms with Gasteiger partial charge in [-0.05, 0) is 55.3 Å². The van der Waals surface area contributed by atoms with Gasteiger partial charge in [-0.25, -0.2) is 4.39 Å². The maximum atomic E-state index is 13.7. The van der Waals surface area contributed by atoms with Gasteiger partial charge in [-0.15, -0.1) is 0 Å². The highest BCUT2D eigenvalue weighted by Gasteiger charge is 2.12. The second kappa shape index (κ2) is 5.74. The van der Waals surface area contributed by atoms with Crippen LogP contribution in [-0.2, 0) is 0 Å². The van der Waals surface area contributed by atoms with E-state index in [9.17, 15) is 9.18 Å². The van der Waals surface area contributed by atoms with Gasteiger partial charge in [0.1, 0.15) is 11.6 Å². The molecule has 0 aliphatic carbocycles. The number of rotatable bonds is 3. The summed E-state index contributed by atoms with van der Waals surface area (Å²) >= 11 is 0. The number of aryl methyl sites for hydroxylation is 2. The molecule has 0 aliphatic heterocycles. The lowest BCUT2D eigenvalue weighted by atomic mass is 10.1. The summed E-state index contributed by atoms with van der Waals surface area (Å²) in [5, 5.41) is 2.68. The molecular weight excluding hydrogens is 257 g/mol. The standard InChI is InChI=1S/C16H16FNO2/c1-10-4-6-13(14(17)8-10)16(19)18-12-5-7-15(20-3)11(2)9-12/h4-9H,1-3H3,(H,18,19). The Labute approximate surface area is 117 Å². The van der Waals surface area contributed by atoms with Gasteiger partial charge in [0.2, 0.25) is 0 Å². The zero-order chi connectivity index (χ0) is 14.7. The predicted octanol–water partition coefficient (Wildman–Crippen LogP) is 3.70. The second-order valence-electron chi connectivity index (χ2n) is 4.62. The molecule has 0 aromatic heterocycles. The highest BCUT2D eigenvalue weighted by atomic mass is 19.1. The van der Waals surface area contributed by atoms with Gasteiger partial charge in [-0.1, -0.05) is 6.07 Å². The Kier molecular flexibility index (Phi) is 4.03. The number of hydrogen-bond donors (Lipinski definition) is 1. The fourth-order valence-electron chi connectivity index (χ4n) is 1.96. The zero-order valence-corrected chi connectivity index (χ0v) is 11.7. The Bertz CT molecular complexity index is 653. The molecule has 3 nitrogen and oxygen atoms in total. The highest BCUT2D eigenvalue weighted by Crippen LogP contribution is 2.22. The molecule has 1 N–H and O–H groups in total. The zero-order valence-electron chi connectivity index (χ0n) is 11.7. The molecule has 2 aromatic rings. The Balaban J connectivity index is 2.21. The average Bonchev–Trinajstić information content (AvgIpc) is 2.38. The SMILES string of the molecule is COc1ccc(NC(=O)c2ccc(C)cc2F)cc1C. The molecular formula is C16H16FNO2. The summed E-state index contributed by atoms with van der Waals surface area (Å²) in [6, 6.07) is 9.79. The van der Waals surface area contributed by atoms with Gasteiger partial charge in [0.25, 0.3) is 5.91 Å². The summed E-state index contributed by atoms with van der Waals surface area (Å²) in [7, 11) is 1.59. The van der Waals surface area contributed by atoms with Crippen LogP contribution in [0.5, 0.6) is 5.75 Å². The van der Waals surface area contributed by atoms with Crippen LogP contribution in [0.15, 0.2) is 36.4 Å². The monoisotopic (exact) mass is 273 g/mol. The molecule has 0 fully saturated rings. The van der Waals surface area contributed by atoms with Crippen molar-refractivity contribution < 1.29 is 13.9 Å². The maximum absolute atomic E-state index is 13.7. The number of carbonyl (C=O) groups is 1. The minimum Gasteiger partial charge on any atom is -0.496 e. The quantitative estimate of drug-likeness (QED) is 0.926. The van der Waals surface area contributed by atoms with E-state index in [1.165, 1.54) is 12.1 Å². The van der Waals surface area contributed by atoms with E-state index < -0.39 is 11.7 Å².